The molecule has 25 heavy (non-hydrogen) atoms. The van der Waals surface area contributed by atoms with Crippen molar-refractivity contribution in [3.8, 4) is 0 Å². The number of thiazole rings is 1. The predicted octanol–water partition coefficient (Wildman–Crippen LogP) is 3.75. The molecule has 1 aliphatic rings. The topological polar surface area (TPSA) is 59.7 Å². The maximum absolute atomic E-state index is 4.66. The first-order valence-corrected chi connectivity index (χ1v) is 10.4. The van der Waals surface area contributed by atoms with Crippen LogP contribution in [0.1, 0.15) is 55.1 Å². The smallest absolute Gasteiger partial charge is 0.208 e. The van der Waals surface area contributed by atoms with Crippen molar-refractivity contribution in [3.05, 3.63) is 39.8 Å². The van der Waals surface area contributed by atoms with Crippen LogP contribution >= 0.6 is 22.7 Å². The Morgan fingerprint density at radius 3 is 2.96 bits per heavy atom. The third kappa shape index (κ3) is 3.59. The summed E-state index contributed by atoms with van der Waals surface area (Å²) in [6.07, 6.45) is 6.29. The average molecular weight is 375 g/mol. The Bertz CT molecular complexity index is 807. The van der Waals surface area contributed by atoms with Crippen LogP contribution in [0.3, 0.4) is 0 Å². The molecule has 3 aromatic rings. The molecule has 3 aromatic heterocycles. The van der Waals surface area contributed by atoms with Crippen LogP contribution in [0.2, 0.25) is 0 Å². The zero-order valence-electron chi connectivity index (χ0n) is 14.5. The monoisotopic (exact) mass is 374 g/mol. The first kappa shape index (κ1) is 16.7. The molecule has 0 unspecified atom stereocenters. The third-order valence-electron chi connectivity index (χ3n) is 4.54. The number of rotatable bonds is 5. The Labute approximate surface area is 155 Å². The minimum absolute atomic E-state index is 0.425. The molecule has 0 spiro atoms. The van der Waals surface area contributed by atoms with E-state index in [1.54, 1.807) is 22.7 Å². The van der Waals surface area contributed by atoms with Crippen molar-refractivity contribution in [1.82, 2.24) is 24.7 Å². The standard InChI is InChI=1S/C17H22N6S2/c1-12(2)16-20-21-17(25-16)23-6-3-4-13(8-23)15-18-5-7-22(15)9-14-10-24-11-19-14/h5,7,10-13H,3-4,6,8-9H2,1-2H3/t13-/m0/s1. The number of piperidine rings is 1. The lowest BCUT2D eigenvalue weighted by Crippen LogP contribution is -2.35. The van der Waals surface area contributed by atoms with E-state index >= 15 is 0 Å². The van der Waals surface area contributed by atoms with E-state index < -0.39 is 0 Å². The van der Waals surface area contributed by atoms with Crippen molar-refractivity contribution in [2.24, 2.45) is 0 Å². The van der Waals surface area contributed by atoms with Gasteiger partial charge in [-0.25, -0.2) is 9.97 Å². The molecule has 0 radical (unpaired) electrons. The van der Waals surface area contributed by atoms with Gasteiger partial charge < -0.3 is 9.47 Å². The molecule has 1 atom stereocenters. The number of hydrogen-bond acceptors (Lipinski definition) is 7. The molecule has 1 aliphatic heterocycles. The second kappa shape index (κ2) is 7.21. The Kier molecular flexibility index (Phi) is 4.80. The second-order valence-corrected chi connectivity index (χ2v) is 8.46. The van der Waals surface area contributed by atoms with E-state index in [1.807, 2.05) is 11.7 Å². The van der Waals surface area contributed by atoms with Gasteiger partial charge in [0.2, 0.25) is 5.13 Å². The molecule has 0 N–H and O–H groups in total. The van der Waals surface area contributed by atoms with Crippen LogP contribution in [0.25, 0.3) is 0 Å². The van der Waals surface area contributed by atoms with Crippen molar-refractivity contribution < 1.29 is 0 Å². The molecule has 4 heterocycles. The third-order valence-corrected chi connectivity index (χ3v) is 6.46. The zero-order valence-corrected chi connectivity index (χ0v) is 16.1. The van der Waals surface area contributed by atoms with Gasteiger partial charge in [-0.2, -0.15) is 0 Å². The van der Waals surface area contributed by atoms with E-state index in [0.717, 1.165) is 47.7 Å². The van der Waals surface area contributed by atoms with Crippen molar-refractivity contribution in [2.75, 3.05) is 18.0 Å². The van der Waals surface area contributed by atoms with E-state index in [-0.39, 0.29) is 0 Å². The second-order valence-electron chi connectivity index (χ2n) is 6.76. The van der Waals surface area contributed by atoms with E-state index in [4.69, 9.17) is 0 Å². The molecule has 1 saturated heterocycles. The quantitative estimate of drug-likeness (QED) is 0.681. The van der Waals surface area contributed by atoms with Gasteiger partial charge in [0.25, 0.3) is 0 Å². The average Bonchev–Trinajstić information content (AvgIpc) is 3.37. The van der Waals surface area contributed by atoms with Gasteiger partial charge in [-0.15, -0.1) is 21.5 Å². The fourth-order valence-corrected chi connectivity index (χ4v) is 4.68. The number of anilines is 1. The molecule has 0 saturated carbocycles. The highest BCUT2D eigenvalue weighted by Crippen LogP contribution is 2.32. The molecule has 132 valence electrons. The van der Waals surface area contributed by atoms with E-state index in [9.17, 15) is 0 Å². The lowest BCUT2D eigenvalue weighted by atomic mass is 9.97. The molecule has 0 aliphatic carbocycles. The molecule has 8 heteroatoms. The minimum Gasteiger partial charge on any atom is -0.346 e. The normalized spacial score (nSPS) is 18.2. The molecule has 0 bridgehead atoms. The highest BCUT2D eigenvalue weighted by Gasteiger charge is 2.27. The maximum Gasteiger partial charge on any atom is 0.208 e. The molecule has 4 rings (SSSR count). The van der Waals surface area contributed by atoms with Gasteiger partial charge in [0.15, 0.2) is 0 Å². The number of imidazole rings is 1. The molecular formula is C17H22N6S2. The number of aromatic nitrogens is 5. The van der Waals surface area contributed by atoms with Gasteiger partial charge >= 0.3 is 0 Å². The van der Waals surface area contributed by atoms with Crippen molar-refractivity contribution in [2.45, 2.75) is 45.1 Å². The fourth-order valence-electron chi connectivity index (χ4n) is 3.25. The van der Waals surface area contributed by atoms with Crippen molar-refractivity contribution >= 4 is 27.8 Å². The van der Waals surface area contributed by atoms with Crippen LogP contribution in [0.4, 0.5) is 5.13 Å². The van der Waals surface area contributed by atoms with Crippen LogP contribution in [-0.2, 0) is 6.54 Å². The summed E-state index contributed by atoms with van der Waals surface area (Å²) in [5.41, 5.74) is 2.98. The van der Waals surface area contributed by atoms with E-state index in [1.165, 1.54) is 6.42 Å². The first-order valence-electron chi connectivity index (χ1n) is 8.67. The van der Waals surface area contributed by atoms with Crippen LogP contribution in [-0.4, -0.2) is 37.8 Å². The van der Waals surface area contributed by atoms with Crippen molar-refractivity contribution in [3.63, 3.8) is 0 Å². The highest BCUT2D eigenvalue weighted by atomic mass is 32.1. The van der Waals surface area contributed by atoms with Crippen LogP contribution in [0, 0.1) is 0 Å². The summed E-state index contributed by atoms with van der Waals surface area (Å²) < 4.78 is 2.24. The van der Waals surface area contributed by atoms with Gasteiger partial charge in [-0.3, -0.25) is 0 Å². The number of nitrogens with zero attached hydrogens (tertiary/aromatic N) is 6. The number of hydrogen-bond donors (Lipinski definition) is 0. The molecule has 1 fully saturated rings. The Morgan fingerprint density at radius 2 is 2.20 bits per heavy atom. The zero-order chi connectivity index (χ0) is 17.2. The van der Waals surface area contributed by atoms with Gasteiger partial charge in [-0.1, -0.05) is 25.2 Å². The van der Waals surface area contributed by atoms with Gasteiger partial charge in [-0.05, 0) is 12.8 Å². The van der Waals surface area contributed by atoms with Gasteiger partial charge in [0, 0.05) is 42.7 Å². The largest absolute Gasteiger partial charge is 0.346 e. The van der Waals surface area contributed by atoms with Crippen LogP contribution in [0.5, 0.6) is 0 Å². The Morgan fingerprint density at radius 1 is 1.28 bits per heavy atom. The highest BCUT2D eigenvalue weighted by molar-refractivity contribution is 7.15. The van der Waals surface area contributed by atoms with E-state index in [0.29, 0.717) is 11.8 Å². The first-order chi connectivity index (χ1) is 12.2. The van der Waals surface area contributed by atoms with Crippen LogP contribution in [0.15, 0.2) is 23.3 Å². The predicted molar refractivity (Wildman–Crippen MR) is 102 cm³/mol. The summed E-state index contributed by atoms with van der Waals surface area (Å²) in [6.45, 7) is 7.14. The summed E-state index contributed by atoms with van der Waals surface area (Å²) in [7, 11) is 0. The molecular weight excluding hydrogens is 352 g/mol. The van der Waals surface area contributed by atoms with E-state index in [2.05, 4.69) is 55.1 Å². The van der Waals surface area contributed by atoms with Crippen molar-refractivity contribution in [1.29, 1.82) is 0 Å². The minimum atomic E-state index is 0.425. The summed E-state index contributed by atoms with van der Waals surface area (Å²) >= 11 is 3.36. The lowest BCUT2D eigenvalue weighted by Gasteiger charge is -2.32. The fraction of sp³-hybridized carbons (Fsp3) is 0.529. The summed E-state index contributed by atoms with van der Waals surface area (Å²) in [6, 6.07) is 0. The van der Waals surface area contributed by atoms with Gasteiger partial charge in [0.1, 0.15) is 10.8 Å². The molecule has 0 aromatic carbocycles. The Hall–Kier alpha value is -1.80. The molecule has 0 amide bonds. The Balaban J connectivity index is 1.50. The maximum atomic E-state index is 4.66. The lowest BCUT2D eigenvalue weighted by molar-refractivity contribution is 0.474. The summed E-state index contributed by atoms with van der Waals surface area (Å²) in [4.78, 5) is 11.4. The summed E-state index contributed by atoms with van der Waals surface area (Å²) in [5, 5.41) is 13.0. The van der Waals surface area contributed by atoms with Crippen LogP contribution < -0.4 is 4.90 Å². The summed E-state index contributed by atoms with van der Waals surface area (Å²) in [5.74, 6) is 2.02. The molecule has 6 nitrogen and oxygen atoms in total. The SMILES string of the molecule is CC(C)c1nnc(N2CCC[C@H](c3nccn3Cc3cscn3)C2)s1. The van der Waals surface area contributed by atoms with Gasteiger partial charge in [0.05, 0.1) is 17.7 Å².